The molecule has 0 radical (unpaired) electrons. The van der Waals surface area contributed by atoms with Crippen LogP contribution in [0.2, 0.25) is 0 Å². The van der Waals surface area contributed by atoms with Gasteiger partial charge in [-0.05, 0) is 36.5 Å². The van der Waals surface area contributed by atoms with Crippen LogP contribution in [0.15, 0.2) is 41.9 Å². The van der Waals surface area contributed by atoms with Crippen LogP contribution in [0.3, 0.4) is 0 Å². The van der Waals surface area contributed by atoms with Crippen LogP contribution < -0.4 is 5.32 Å². The van der Waals surface area contributed by atoms with Gasteiger partial charge in [0.05, 0.1) is 6.54 Å². The van der Waals surface area contributed by atoms with Crippen molar-refractivity contribution in [3.05, 3.63) is 48.3 Å². The van der Waals surface area contributed by atoms with Gasteiger partial charge in [-0.15, -0.1) is 24.0 Å². The number of rotatable bonds is 5. The lowest BCUT2D eigenvalue weighted by atomic mass is 9.99. The quantitative estimate of drug-likeness (QED) is 0.424. The highest BCUT2D eigenvalue weighted by molar-refractivity contribution is 14.0. The van der Waals surface area contributed by atoms with Gasteiger partial charge in [0, 0.05) is 26.7 Å². The molecule has 1 fully saturated rings. The van der Waals surface area contributed by atoms with Crippen molar-refractivity contribution in [2.24, 2.45) is 10.9 Å². The first-order valence-corrected chi connectivity index (χ1v) is 8.27. The predicted octanol–water partition coefficient (Wildman–Crippen LogP) is 2.18. The van der Waals surface area contributed by atoms with Crippen molar-refractivity contribution in [1.29, 1.82) is 0 Å². The van der Waals surface area contributed by atoms with E-state index < -0.39 is 0 Å². The van der Waals surface area contributed by atoms with E-state index >= 15 is 0 Å². The third-order valence-electron chi connectivity index (χ3n) is 4.33. The molecule has 1 unspecified atom stereocenters. The summed E-state index contributed by atoms with van der Waals surface area (Å²) in [5.74, 6) is 1.32. The zero-order chi connectivity index (χ0) is 16.8. The Hall–Kier alpha value is -1.71. The van der Waals surface area contributed by atoms with Crippen molar-refractivity contribution < 1.29 is 4.39 Å². The summed E-state index contributed by atoms with van der Waals surface area (Å²) in [5.41, 5.74) is 1.19. The lowest BCUT2D eigenvalue weighted by Gasteiger charge is -2.21. The topological polar surface area (TPSA) is 58.3 Å². The Kier molecular flexibility index (Phi) is 7.60. The average molecular weight is 458 g/mol. The SMILES string of the molecule is CN=C(NCCn1cncn1)N1CCC(Cc2ccc(F)cc2)C1.I. The van der Waals surface area contributed by atoms with Gasteiger partial charge in [-0.3, -0.25) is 9.67 Å². The molecule has 3 rings (SSSR count). The predicted molar refractivity (Wildman–Crippen MR) is 107 cm³/mol. The number of benzene rings is 1. The number of halogens is 2. The summed E-state index contributed by atoms with van der Waals surface area (Å²) in [5, 5.41) is 7.47. The molecule has 1 N–H and O–H groups in total. The smallest absolute Gasteiger partial charge is 0.193 e. The zero-order valence-electron chi connectivity index (χ0n) is 14.3. The van der Waals surface area contributed by atoms with Crippen LogP contribution in [-0.4, -0.2) is 52.3 Å². The molecule has 6 nitrogen and oxygen atoms in total. The van der Waals surface area contributed by atoms with E-state index in [1.807, 2.05) is 19.2 Å². The molecule has 1 saturated heterocycles. The highest BCUT2D eigenvalue weighted by Crippen LogP contribution is 2.21. The second kappa shape index (κ2) is 9.69. The molecule has 1 aliphatic heterocycles. The minimum atomic E-state index is -0.177. The molecule has 0 aliphatic carbocycles. The standard InChI is InChI=1S/C17H23FN6.HI/c1-19-17(21-7-9-24-13-20-12-22-24)23-8-6-15(11-23)10-14-2-4-16(18)5-3-14;/h2-5,12-13,15H,6-11H2,1H3,(H,19,21);1H. The largest absolute Gasteiger partial charge is 0.354 e. The maximum atomic E-state index is 13.0. The number of hydrogen-bond acceptors (Lipinski definition) is 3. The van der Waals surface area contributed by atoms with E-state index in [2.05, 4.69) is 25.3 Å². The Balaban J connectivity index is 0.00000225. The maximum Gasteiger partial charge on any atom is 0.193 e. The highest BCUT2D eigenvalue weighted by atomic mass is 127. The van der Waals surface area contributed by atoms with Gasteiger partial charge in [0.25, 0.3) is 0 Å². The molecule has 1 atom stereocenters. The van der Waals surface area contributed by atoms with Crippen LogP contribution >= 0.6 is 24.0 Å². The van der Waals surface area contributed by atoms with E-state index in [0.29, 0.717) is 5.92 Å². The van der Waals surface area contributed by atoms with Crippen molar-refractivity contribution in [3.63, 3.8) is 0 Å². The highest BCUT2D eigenvalue weighted by Gasteiger charge is 2.24. The molecule has 136 valence electrons. The van der Waals surface area contributed by atoms with Gasteiger partial charge >= 0.3 is 0 Å². The van der Waals surface area contributed by atoms with Crippen LogP contribution in [0.4, 0.5) is 4.39 Å². The molecule has 0 saturated carbocycles. The molecule has 0 amide bonds. The van der Waals surface area contributed by atoms with Gasteiger partial charge in [0.2, 0.25) is 0 Å². The number of guanidine groups is 1. The fourth-order valence-electron chi connectivity index (χ4n) is 3.11. The van der Waals surface area contributed by atoms with Gasteiger partial charge in [0.15, 0.2) is 5.96 Å². The number of nitrogens with zero attached hydrogens (tertiary/aromatic N) is 5. The van der Waals surface area contributed by atoms with Crippen LogP contribution in [0.1, 0.15) is 12.0 Å². The summed E-state index contributed by atoms with van der Waals surface area (Å²) in [6.07, 6.45) is 5.35. The van der Waals surface area contributed by atoms with Crippen molar-refractivity contribution in [3.8, 4) is 0 Å². The lowest BCUT2D eigenvalue weighted by Crippen LogP contribution is -2.41. The second-order valence-electron chi connectivity index (χ2n) is 6.06. The van der Waals surface area contributed by atoms with Crippen molar-refractivity contribution in [2.45, 2.75) is 19.4 Å². The van der Waals surface area contributed by atoms with E-state index in [4.69, 9.17) is 0 Å². The Bertz CT molecular complexity index is 658. The second-order valence-corrected chi connectivity index (χ2v) is 6.06. The minimum Gasteiger partial charge on any atom is -0.354 e. The first-order valence-electron chi connectivity index (χ1n) is 8.27. The van der Waals surface area contributed by atoms with Gasteiger partial charge in [0.1, 0.15) is 18.5 Å². The van der Waals surface area contributed by atoms with Gasteiger partial charge in [-0.1, -0.05) is 12.1 Å². The number of hydrogen-bond donors (Lipinski definition) is 1. The molecule has 0 spiro atoms. The summed E-state index contributed by atoms with van der Waals surface area (Å²) in [4.78, 5) is 10.6. The average Bonchev–Trinajstić information content (AvgIpc) is 3.26. The van der Waals surface area contributed by atoms with E-state index in [9.17, 15) is 4.39 Å². The van der Waals surface area contributed by atoms with E-state index in [1.165, 1.54) is 24.0 Å². The third kappa shape index (κ3) is 5.65. The molecule has 1 aromatic heterocycles. The summed E-state index contributed by atoms with van der Waals surface area (Å²) in [7, 11) is 1.81. The summed E-state index contributed by atoms with van der Waals surface area (Å²) < 4.78 is 14.8. The van der Waals surface area contributed by atoms with E-state index in [1.54, 1.807) is 11.0 Å². The molecule has 1 aromatic carbocycles. The molecule has 2 aromatic rings. The Labute approximate surface area is 164 Å². The molecule has 25 heavy (non-hydrogen) atoms. The van der Waals surface area contributed by atoms with Crippen LogP contribution in [-0.2, 0) is 13.0 Å². The zero-order valence-corrected chi connectivity index (χ0v) is 16.6. The fraction of sp³-hybridized carbons (Fsp3) is 0.471. The van der Waals surface area contributed by atoms with Crippen molar-refractivity contribution >= 4 is 29.9 Å². The van der Waals surface area contributed by atoms with Crippen molar-refractivity contribution in [2.75, 3.05) is 26.7 Å². The Morgan fingerprint density at radius 3 is 2.84 bits per heavy atom. The third-order valence-corrected chi connectivity index (χ3v) is 4.33. The van der Waals surface area contributed by atoms with Crippen molar-refractivity contribution in [1.82, 2.24) is 25.0 Å². The Morgan fingerprint density at radius 1 is 1.36 bits per heavy atom. The first-order chi connectivity index (χ1) is 11.7. The molecular formula is C17H24FIN6. The molecule has 1 aliphatic rings. The van der Waals surface area contributed by atoms with Crippen LogP contribution in [0.5, 0.6) is 0 Å². The minimum absolute atomic E-state index is 0. The number of likely N-dealkylation sites (tertiary alicyclic amines) is 1. The number of aliphatic imine (C=N–C) groups is 1. The van der Waals surface area contributed by atoms with Crippen LogP contribution in [0, 0.1) is 11.7 Å². The van der Waals surface area contributed by atoms with Gasteiger partial charge in [-0.2, -0.15) is 5.10 Å². The van der Waals surface area contributed by atoms with Gasteiger partial charge in [-0.25, -0.2) is 9.37 Å². The van der Waals surface area contributed by atoms with Crippen LogP contribution in [0.25, 0.3) is 0 Å². The summed E-state index contributed by atoms with van der Waals surface area (Å²) in [6.45, 7) is 3.48. The molecule has 0 bridgehead atoms. The molecule has 8 heteroatoms. The summed E-state index contributed by atoms with van der Waals surface area (Å²) in [6, 6.07) is 6.83. The fourth-order valence-corrected chi connectivity index (χ4v) is 3.11. The molecule has 2 heterocycles. The van der Waals surface area contributed by atoms with Gasteiger partial charge < -0.3 is 10.2 Å². The normalized spacial score (nSPS) is 17.4. The monoisotopic (exact) mass is 458 g/mol. The Morgan fingerprint density at radius 2 is 2.16 bits per heavy atom. The first kappa shape index (κ1) is 19.6. The van der Waals surface area contributed by atoms with E-state index in [0.717, 1.165) is 45.0 Å². The maximum absolute atomic E-state index is 13.0. The summed E-state index contributed by atoms with van der Waals surface area (Å²) >= 11 is 0. The number of nitrogens with one attached hydrogen (secondary N) is 1. The lowest BCUT2D eigenvalue weighted by molar-refractivity contribution is 0.455. The van der Waals surface area contributed by atoms with E-state index in [-0.39, 0.29) is 29.8 Å². The molecular weight excluding hydrogens is 434 g/mol. The number of aromatic nitrogens is 3.